The molecule has 1 rings (SSSR count). The van der Waals surface area contributed by atoms with Crippen LogP contribution in [0.3, 0.4) is 0 Å². The third kappa shape index (κ3) is 5.73. The molecule has 4 N–H and O–H groups in total. The number of carboxylic acid groups (broad SMARTS) is 1. The van der Waals surface area contributed by atoms with Crippen LogP contribution in [-0.4, -0.2) is 34.4 Å². The van der Waals surface area contributed by atoms with E-state index in [-0.39, 0.29) is 6.04 Å². The Morgan fingerprint density at radius 3 is 2.36 bits per heavy atom. The van der Waals surface area contributed by atoms with E-state index >= 15 is 0 Å². The summed E-state index contributed by atoms with van der Waals surface area (Å²) < 4.78 is 0. The van der Waals surface area contributed by atoms with Gasteiger partial charge in [-0.15, -0.1) is 0 Å². The number of unbranched alkanes of at least 4 members (excludes halogenated alkanes) is 1. The summed E-state index contributed by atoms with van der Waals surface area (Å²) in [5, 5.41) is 23.8. The second kappa shape index (κ2) is 9.04. The molecule has 6 heteroatoms. The number of aliphatic hydroxyl groups is 1. The number of aliphatic hydroxyl groups excluding tert-OH is 1. The van der Waals surface area contributed by atoms with Gasteiger partial charge in [-0.1, -0.05) is 50.1 Å². The average molecular weight is 308 g/mol. The van der Waals surface area contributed by atoms with Crippen LogP contribution in [0.5, 0.6) is 0 Å². The lowest BCUT2D eigenvalue weighted by Gasteiger charge is -2.24. The van der Waals surface area contributed by atoms with E-state index < -0.39 is 24.1 Å². The van der Waals surface area contributed by atoms with Crippen molar-refractivity contribution in [2.24, 2.45) is 0 Å². The molecule has 1 aromatic carbocycles. The molecule has 0 aliphatic rings. The van der Waals surface area contributed by atoms with Crippen molar-refractivity contribution < 1.29 is 19.8 Å². The second-order valence-electron chi connectivity index (χ2n) is 5.28. The molecular formula is C16H24N2O4. The molecule has 0 radical (unpaired) electrons. The predicted octanol–water partition coefficient (Wildman–Crippen LogP) is 2.05. The van der Waals surface area contributed by atoms with E-state index in [1.165, 1.54) is 0 Å². The Kier molecular flexibility index (Phi) is 7.39. The number of hydrogen-bond acceptors (Lipinski definition) is 3. The molecule has 0 aromatic heterocycles. The highest BCUT2D eigenvalue weighted by atomic mass is 16.4. The fourth-order valence-corrected chi connectivity index (χ4v) is 2.20. The van der Waals surface area contributed by atoms with E-state index in [1.807, 2.05) is 44.2 Å². The fraction of sp³-hybridized carbons (Fsp3) is 0.500. The van der Waals surface area contributed by atoms with Gasteiger partial charge in [0.25, 0.3) is 5.91 Å². The number of amides is 2. The molecule has 0 aliphatic carbocycles. The maximum Gasteiger partial charge on any atom is 0.404 e. The maximum absolute atomic E-state index is 12.1. The van der Waals surface area contributed by atoms with E-state index in [0.29, 0.717) is 6.42 Å². The molecule has 0 fully saturated rings. The molecule has 2 amide bonds. The minimum absolute atomic E-state index is 0.264. The van der Waals surface area contributed by atoms with Crippen molar-refractivity contribution >= 4 is 12.0 Å². The summed E-state index contributed by atoms with van der Waals surface area (Å²) in [6.07, 6.45) is -0.662. The van der Waals surface area contributed by atoms with Crippen molar-refractivity contribution in [3.8, 4) is 0 Å². The number of nitrogens with one attached hydrogen (secondary N) is 2. The van der Waals surface area contributed by atoms with Crippen LogP contribution >= 0.6 is 0 Å². The highest BCUT2D eigenvalue weighted by Gasteiger charge is 2.28. The summed E-state index contributed by atoms with van der Waals surface area (Å²) in [5.74, 6) is -0.578. The Balaban J connectivity index is 2.65. The summed E-state index contributed by atoms with van der Waals surface area (Å²) in [6.45, 7) is 3.77. The number of carbonyl (C=O) groups excluding carboxylic acids is 1. The zero-order chi connectivity index (χ0) is 16.5. The minimum Gasteiger partial charge on any atom is -0.465 e. The van der Waals surface area contributed by atoms with Crippen LogP contribution in [0.4, 0.5) is 4.79 Å². The van der Waals surface area contributed by atoms with Crippen LogP contribution < -0.4 is 10.6 Å². The van der Waals surface area contributed by atoms with Crippen LogP contribution in [0.1, 0.15) is 44.7 Å². The first kappa shape index (κ1) is 18.0. The highest BCUT2D eigenvalue weighted by Crippen LogP contribution is 2.12. The molecular weight excluding hydrogens is 284 g/mol. The average Bonchev–Trinajstić information content (AvgIpc) is 2.51. The first-order chi connectivity index (χ1) is 10.5. The monoisotopic (exact) mass is 308 g/mol. The molecule has 0 aliphatic heterocycles. The van der Waals surface area contributed by atoms with E-state index in [9.17, 15) is 14.7 Å². The topological polar surface area (TPSA) is 98.7 Å². The summed E-state index contributed by atoms with van der Waals surface area (Å²) in [7, 11) is 0. The summed E-state index contributed by atoms with van der Waals surface area (Å²) in [6, 6.07) is 8.29. The third-order valence-corrected chi connectivity index (χ3v) is 3.49. The van der Waals surface area contributed by atoms with Crippen molar-refractivity contribution in [1.29, 1.82) is 0 Å². The molecule has 0 heterocycles. The molecule has 0 saturated carbocycles. The van der Waals surface area contributed by atoms with Crippen molar-refractivity contribution in [3.63, 3.8) is 0 Å². The van der Waals surface area contributed by atoms with Crippen LogP contribution in [-0.2, 0) is 4.79 Å². The number of hydrogen-bond donors (Lipinski definition) is 4. The zero-order valence-corrected chi connectivity index (χ0v) is 13.0. The number of rotatable bonds is 8. The lowest BCUT2D eigenvalue weighted by molar-refractivity contribution is -0.131. The van der Waals surface area contributed by atoms with E-state index in [4.69, 9.17) is 5.11 Å². The third-order valence-electron chi connectivity index (χ3n) is 3.49. The second-order valence-corrected chi connectivity index (χ2v) is 5.28. The van der Waals surface area contributed by atoms with Gasteiger partial charge in [-0.25, -0.2) is 4.79 Å². The molecule has 0 bridgehead atoms. The highest BCUT2D eigenvalue weighted by molar-refractivity contribution is 5.82. The Morgan fingerprint density at radius 1 is 1.18 bits per heavy atom. The van der Waals surface area contributed by atoms with Gasteiger partial charge in [0.05, 0.1) is 12.1 Å². The van der Waals surface area contributed by atoms with Crippen molar-refractivity contribution in [2.45, 2.75) is 51.3 Å². The van der Waals surface area contributed by atoms with Gasteiger partial charge in [0.1, 0.15) is 0 Å². The van der Waals surface area contributed by atoms with Gasteiger partial charge in [-0.2, -0.15) is 0 Å². The SMILES string of the molecule is CCCC[C@H](NC(=O)O)C(O)C(=O)N[C@H](C)c1ccccc1. The predicted molar refractivity (Wildman–Crippen MR) is 83.5 cm³/mol. The van der Waals surface area contributed by atoms with Crippen LogP contribution in [0, 0.1) is 0 Å². The summed E-state index contributed by atoms with van der Waals surface area (Å²) in [4.78, 5) is 22.9. The smallest absolute Gasteiger partial charge is 0.404 e. The Labute approximate surface area is 130 Å². The van der Waals surface area contributed by atoms with Gasteiger partial charge in [0.2, 0.25) is 0 Å². The van der Waals surface area contributed by atoms with Crippen molar-refractivity contribution in [3.05, 3.63) is 35.9 Å². The minimum atomic E-state index is -1.41. The molecule has 0 saturated heterocycles. The lowest BCUT2D eigenvalue weighted by atomic mass is 10.0. The van der Waals surface area contributed by atoms with Crippen molar-refractivity contribution in [1.82, 2.24) is 10.6 Å². The molecule has 3 atom stereocenters. The van der Waals surface area contributed by atoms with Gasteiger partial charge < -0.3 is 20.8 Å². The van der Waals surface area contributed by atoms with Gasteiger partial charge in [0.15, 0.2) is 6.10 Å². The number of carbonyl (C=O) groups is 2. The van der Waals surface area contributed by atoms with Gasteiger partial charge >= 0.3 is 6.09 Å². The largest absolute Gasteiger partial charge is 0.465 e. The summed E-state index contributed by atoms with van der Waals surface area (Å²) in [5.41, 5.74) is 0.916. The Bertz CT molecular complexity index is 478. The zero-order valence-electron chi connectivity index (χ0n) is 13.0. The molecule has 22 heavy (non-hydrogen) atoms. The summed E-state index contributed by atoms with van der Waals surface area (Å²) >= 11 is 0. The lowest BCUT2D eigenvalue weighted by Crippen LogP contribution is -2.50. The molecule has 1 aromatic rings. The molecule has 122 valence electrons. The van der Waals surface area contributed by atoms with Gasteiger partial charge in [0, 0.05) is 0 Å². The Hall–Kier alpha value is -2.08. The van der Waals surface area contributed by atoms with E-state index in [2.05, 4.69) is 10.6 Å². The normalized spacial score (nSPS) is 14.7. The van der Waals surface area contributed by atoms with Crippen LogP contribution in [0.15, 0.2) is 30.3 Å². The van der Waals surface area contributed by atoms with Gasteiger partial charge in [-0.3, -0.25) is 4.79 Å². The first-order valence-corrected chi connectivity index (χ1v) is 7.48. The number of benzene rings is 1. The van der Waals surface area contributed by atoms with E-state index in [1.54, 1.807) is 0 Å². The molecule has 1 unspecified atom stereocenters. The quantitative estimate of drug-likeness (QED) is 0.590. The maximum atomic E-state index is 12.1. The standard InChI is InChI=1S/C16H24N2O4/c1-3-4-10-13(18-16(21)22)14(19)15(20)17-11(2)12-8-6-5-7-9-12/h5-9,11,13-14,18-19H,3-4,10H2,1-2H3,(H,17,20)(H,21,22)/t11-,13+,14?/m1/s1. The van der Waals surface area contributed by atoms with Crippen molar-refractivity contribution in [2.75, 3.05) is 0 Å². The Morgan fingerprint density at radius 2 is 1.82 bits per heavy atom. The van der Waals surface area contributed by atoms with Crippen LogP contribution in [0.25, 0.3) is 0 Å². The van der Waals surface area contributed by atoms with Crippen LogP contribution in [0.2, 0.25) is 0 Å². The molecule has 0 spiro atoms. The van der Waals surface area contributed by atoms with Gasteiger partial charge in [-0.05, 0) is 18.9 Å². The molecule has 6 nitrogen and oxygen atoms in total. The van der Waals surface area contributed by atoms with E-state index in [0.717, 1.165) is 18.4 Å². The first-order valence-electron chi connectivity index (χ1n) is 7.48. The fourth-order valence-electron chi connectivity index (χ4n) is 2.20.